The molecule has 0 spiro atoms. The molecule has 0 nitrogen and oxygen atoms in total. The summed E-state index contributed by atoms with van der Waals surface area (Å²) in [4.78, 5) is 0. The van der Waals surface area contributed by atoms with Crippen molar-refractivity contribution in [3.05, 3.63) is 0 Å². The standard InChI is InChI=1S/Cd.Hg.2S/q2*+2;2*-2. The van der Waals surface area contributed by atoms with E-state index >= 15 is 0 Å². The summed E-state index contributed by atoms with van der Waals surface area (Å²) in [6.07, 6.45) is 0. The second-order valence-electron chi connectivity index (χ2n) is 0. The molecule has 0 amide bonds. The Morgan fingerprint density at radius 3 is 0.750 bits per heavy atom. The second-order valence-corrected chi connectivity index (χ2v) is 0. The van der Waals surface area contributed by atoms with Gasteiger partial charge in [-0.05, 0) is 0 Å². The van der Waals surface area contributed by atoms with Crippen molar-refractivity contribution in [2.75, 3.05) is 0 Å². The minimum absolute atomic E-state index is 0. The van der Waals surface area contributed by atoms with Gasteiger partial charge in [-0.2, -0.15) is 0 Å². The van der Waals surface area contributed by atoms with E-state index in [9.17, 15) is 0 Å². The Morgan fingerprint density at radius 2 is 0.750 bits per heavy atom. The van der Waals surface area contributed by atoms with Crippen molar-refractivity contribution in [3.8, 4) is 0 Å². The Hall–Kier alpha value is 2.56. The van der Waals surface area contributed by atoms with Gasteiger partial charge in [-0.3, -0.25) is 0 Å². The molecule has 0 heterocycles. The van der Waals surface area contributed by atoms with E-state index in [0.717, 1.165) is 0 Å². The van der Waals surface area contributed by atoms with E-state index in [1.54, 1.807) is 0 Å². The van der Waals surface area contributed by atoms with Crippen LogP contribution in [0.3, 0.4) is 0 Å². The van der Waals surface area contributed by atoms with Crippen LogP contribution in [0.1, 0.15) is 0 Å². The number of hydrogen-bond acceptors (Lipinski definition) is 0. The van der Waals surface area contributed by atoms with Crippen molar-refractivity contribution in [1.29, 1.82) is 0 Å². The van der Waals surface area contributed by atoms with Crippen LogP contribution in [0.15, 0.2) is 0 Å². The molecule has 0 radical (unpaired) electrons. The zero-order chi connectivity index (χ0) is 0. The molecular formula is CdHgS2. The number of hydrogen-bond donors (Lipinski definition) is 0. The van der Waals surface area contributed by atoms with Crippen LogP contribution in [0, 0.1) is 0 Å². The van der Waals surface area contributed by atoms with Crippen molar-refractivity contribution in [1.82, 2.24) is 0 Å². The first-order valence-electron chi connectivity index (χ1n) is 0. The van der Waals surface area contributed by atoms with Gasteiger partial charge in [-0.15, -0.1) is 0 Å². The van der Waals surface area contributed by atoms with Crippen LogP contribution in [-0.2, 0) is 82.0 Å². The van der Waals surface area contributed by atoms with Gasteiger partial charge in [-0.1, -0.05) is 0 Å². The molecular weight excluding hydrogens is 377 g/mol. The van der Waals surface area contributed by atoms with Crippen molar-refractivity contribution in [2.45, 2.75) is 0 Å². The Labute approximate surface area is 80.7 Å². The van der Waals surface area contributed by atoms with E-state index in [-0.39, 0.29) is 82.0 Å². The minimum atomic E-state index is 0. The van der Waals surface area contributed by atoms with Crippen LogP contribution in [0.5, 0.6) is 0 Å². The third-order valence-electron chi connectivity index (χ3n) is 0. The van der Waals surface area contributed by atoms with Gasteiger partial charge < -0.3 is 27.0 Å². The summed E-state index contributed by atoms with van der Waals surface area (Å²) in [7, 11) is 0. The molecule has 0 aromatic carbocycles. The topological polar surface area (TPSA) is 0 Å². The molecule has 4 heteroatoms. The Kier molecular flexibility index (Phi) is 137. The minimum Gasteiger partial charge on any atom is -2.00 e. The Bertz CT molecular complexity index is 6.00. The molecule has 0 saturated carbocycles. The molecule has 0 saturated heterocycles. The fraction of sp³-hybridized carbons (Fsp3) is 0. The summed E-state index contributed by atoms with van der Waals surface area (Å²) in [5, 5.41) is 0. The van der Waals surface area contributed by atoms with Gasteiger partial charge >= 0.3 is 55.0 Å². The monoisotopic (exact) mass is 380 g/mol. The summed E-state index contributed by atoms with van der Waals surface area (Å²) in [6.45, 7) is 0. The average Bonchev–Trinajstić information content (AvgIpc) is 0. The van der Waals surface area contributed by atoms with E-state index in [2.05, 4.69) is 0 Å². The van der Waals surface area contributed by atoms with E-state index in [1.807, 2.05) is 0 Å². The SMILES string of the molecule is [Cd+2].[Hg+2].[S-2].[S-2]. The van der Waals surface area contributed by atoms with Gasteiger partial charge in [0.15, 0.2) is 0 Å². The molecule has 0 fully saturated rings. The van der Waals surface area contributed by atoms with Gasteiger partial charge in [0.05, 0.1) is 0 Å². The van der Waals surface area contributed by atoms with Gasteiger partial charge in [0.25, 0.3) is 0 Å². The molecule has 0 aliphatic carbocycles. The van der Waals surface area contributed by atoms with Gasteiger partial charge in [0, 0.05) is 0 Å². The Morgan fingerprint density at radius 1 is 0.750 bits per heavy atom. The molecule has 0 bridgehead atoms. The molecule has 0 aliphatic heterocycles. The van der Waals surface area contributed by atoms with Crippen LogP contribution in [-0.4, -0.2) is 0 Å². The summed E-state index contributed by atoms with van der Waals surface area (Å²) in [5.41, 5.74) is 0. The fourth-order valence-corrected chi connectivity index (χ4v) is 0. The molecule has 0 aromatic rings. The van der Waals surface area contributed by atoms with Crippen molar-refractivity contribution in [3.63, 3.8) is 0 Å². The predicted molar refractivity (Wildman–Crippen MR) is 14.7 cm³/mol. The zero-order valence-corrected chi connectivity index (χ0v) is 13.4. The summed E-state index contributed by atoms with van der Waals surface area (Å²) in [5.74, 6) is 0. The molecule has 4 heavy (non-hydrogen) atoms. The van der Waals surface area contributed by atoms with Gasteiger partial charge in [0.1, 0.15) is 0 Å². The molecule has 0 rings (SSSR count). The molecule has 0 aromatic heterocycles. The fourth-order valence-electron chi connectivity index (χ4n) is 0. The summed E-state index contributed by atoms with van der Waals surface area (Å²) in [6, 6.07) is 0. The normalized spacial score (nSPS) is 0. The third kappa shape index (κ3) is 8.82. The third-order valence-corrected chi connectivity index (χ3v) is 0. The molecule has 0 aliphatic rings. The Balaban J connectivity index is 0. The molecule has 0 atom stereocenters. The van der Waals surface area contributed by atoms with Gasteiger partial charge in [-0.25, -0.2) is 0 Å². The number of rotatable bonds is 0. The first-order chi connectivity index (χ1) is 0. The van der Waals surface area contributed by atoms with E-state index in [1.165, 1.54) is 0 Å². The van der Waals surface area contributed by atoms with Gasteiger partial charge in [0.2, 0.25) is 0 Å². The van der Waals surface area contributed by atoms with Crippen molar-refractivity contribution >= 4 is 27.0 Å². The maximum atomic E-state index is 0. The maximum absolute atomic E-state index is 0. The molecule has 16 valence electrons. The van der Waals surface area contributed by atoms with Crippen LogP contribution < -0.4 is 0 Å². The van der Waals surface area contributed by atoms with E-state index < -0.39 is 0 Å². The zero-order valence-electron chi connectivity index (χ0n) is 2.23. The first-order valence-corrected chi connectivity index (χ1v) is 0. The quantitative estimate of drug-likeness (QED) is 0.522. The van der Waals surface area contributed by atoms with Crippen molar-refractivity contribution in [2.24, 2.45) is 0 Å². The van der Waals surface area contributed by atoms with Crippen molar-refractivity contribution < 1.29 is 55.0 Å². The maximum Gasteiger partial charge on any atom is 2.00 e. The van der Waals surface area contributed by atoms with Crippen LogP contribution in [0.25, 0.3) is 0 Å². The van der Waals surface area contributed by atoms with Crippen LogP contribution in [0.2, 0.25) is 0 Å². The molecule has 0 unspecified atom stereocenters. The van der Waals surface area contributed by atoms with Crippen LogP contribution in [0.4, 0.5) is 0 Å². The van der Waals surface area contributed by atoms with E-state index in [4.69, 9.17) is 0 Å². The average molecular weight is 377 g/mol. The summed E-state index contributed by atoms with van der Waals surface area (Å²) >= 11 is 0. The van der Waals surface area contributed by atoms with E-state index in [0.29, 0.717) is 0 Å². The summed E-state index contributed by atoms with van der Waals surface area (Å²) < 4.78 is 0. The largest absolute Gasteiger partial charge is 2.00 e. The van der Waals surface area contributed by atoms with Crippen LogP contribution >= 0.6 is 0 Å². The molecule has 0 N–H and O–H groups in total. The predicted octanol–water partition coefficient (Wildman–Crippen LogP) is -0.00980. The second kappa shape index (κ2) is 17.6. The first kappa shape index (κ1) is 31.0. The smallest absolute Gasteiger partial charge is 2.00 e.